The Labute approximate surface area is 524 Å². The van der Waals surface area contributed by atoms with Gasteiger partial charge in [0.2, 0.25) is 11.5 Å². The van der Waals surface area contributed by atoms with Gasteiger partial charge in [0.15, 0.2) is 23.0 Å². The van der Waals surface area contributed by atoms with Crippen molar-refractivity contribution >= 4 is 59.2 Å². The van der Waals surface area contributed by atoms with Crippen LogP contribution in [-0.4, -0.2) is 180 Å². The molecule has 22 nitrogen and oxygen atoms in total. The molecule has 4 aromatic carbocycles. The fourth-order valence-electron chi connectivity index (χ4n) is 15.5. The number of H-pyrrole nitrogens is 2. The van der Waals surface area contributed by atoms with Crippen molar-refractivity contribution in [3.05, 3.63) is 94.3 Å². The van der Waals surface area contributed by atoms with E-state index in [1.807, 2.05) is 24.3 Å². The summed E-state index contributed by atoms with van der Waals surface area (Å²) in [4.78, 5) is 66.3. The van der Waals surface area contributed by atoms with Crippen LogP contribution in [0.5, 0.6) is 46.0 Å². The molecular weight excluding hydrogens is 1170 g/mol. The van der Waals surface area contributed by atoms with Crippen molar-refractivity contribution in [2.24, 2.45) is 35.5 Å². The SMILES string of the molecule is COC(=O)[C@H]1[C@H]2C[C@@H]3c4[nH]c5cc(OC)ccc5c4CCN3C[C@H]2C[C@@H](OC(=O)c2cc(OC)c(OC)c(OC)c2)[C@@H]1OC.COC(=O)[C@H]1[C@H]2C[C@@H]3c4[nH]c5cc(OC)ccc5c4CCN3C[C@H]2C[C@@H](OC(=O)c2cc(OC)c(OC)c(OC)c2)[C@@H]1OC.S. The minimum absolute atomic E-state index is 0. The van der Waals surface area contributed by atoms with Crippen LogP contribution in [0.25, 0.3) is 21.8 Å². The summed E-state index contributed by atoms with van der Waals surface area (Å²) < 4.78 is 78.2. The molecule has 4 aliphatic heterocycles. The standard InChI is InChI=1S/2C33H40N2O9.H2S/c2*1-38-19-7-8-20-21-9-10-35-16-18-13-27(44-32(36)17-11-25(39-2)30(41-4)26(12-17)40-3)31(42-5)28(33(37)43-6)22(18)15-24(35)29(21)34-23(20)14-19;/h2*7-8,11-12,14,18,22,24,27-28,31,34H,9-10,13,15-16H2,1-6H3;1H2/t2*18-,22+,24-,27-,28+,31+;/m11./s1. The second kappa shape index (κ2) is 27.3. The zero-order chi connectivity index (χ0) is 62.2. The second-order valence-corrected chi connectivity index (χ2v) is 23.4. The lowest BCUT2D eigenvalue weighted by Gasteiger charge is -2.52. The van der Waals surface area contributed by atoms with Crippen molar-refractivity contribution in [1.29, 1.82) is 0 Å². The number of piperidine rings is 2. The Morgan fingerprint density at radius 2 is 0.831 bits per heavy atom. The van der Waals surface area contributed by atoms with Crippen LogP contribution in [0.2, 0.25) is 0 Å². The van der Waals surface area contributed by atoms with Crippen LogP contribution in [0.1, 0.15) is 81.0 Å². The fraction of sp³-hybridized carbons (Fsp3) is 0.515. The number of nitrogens with zero attached hydrogens (tertiary/aromatic N) is 2. The van der Waals surface area contributed by atoms with Crippen molar-refractivity contribution in [1.82, 2.24) is 19.8 Å². The van der Waals surface area contributed by atoms with E-state index in [1.54, 1.807) is 52.7 Å². The number of ether oxygens (including phenoxy) is 14. The van der Waals surface area contributed by atoms with Gasteiger partial charge in [0.25, 0.3) is 0 Å². The number of esters is 4. The highest BCUT2D eigenvalue weighted by Gasteiger charge is 2.56. The summed E-state index contributed by atoms with van der Waals surface area (Å²) in [5.41, 5.74) is 7.65. The molecule has 12 rings (SSSR count). The van der Waals surface area contributed by atoms with Crippen LogP contribution in [-0.2, 0) is 50.9 Å². The number of benzene rings is 4. The first-order valence-corrected chi connectivity index (χ1v) is 29.8. The number of carbonyl (C=O) groups excluding carboxylic acids is 4. The number of rotatable bonds is 16. The molecule has 0 radical (unpaired) electrons. The third-order valence-electron chi connectivity index (χ3n) is 19.5. The van der Waals surface area contributed by atoms with Crippen LogP contribution < -0.4 is 37.9 Å². The summed E-state index contributed by atoms with van der Waals surface area (Å²) in [5, 5.41) is 2.42. The molecule has 4 fully saturated rings. The van der Waals surface area contributed by atoms with Gasteiger partial charge >= 0.3 is 23.9 Å². The highest BCUT2D eigenvalue weighted by atomic mass is 32.1. The summed E-state index contributed by atoms with van der Waals surface area (Å²) in [5.74, 6) is 0.881. The van der Waals surface area contributed by atoms with Crippen molar-refractivity contribution in [3.8, 4) is 46.0 Å². The Morgan fingerprint density at radius 3 is 1.15 bits per heavy atom. The van der Waals surface area contributed by atoms with E-state index in [9.17, 15) is 19.2 Å². The van der Waals surface area contributed by atoms with Gasteiger partial charge in [-0.15, -0.1) is 0 Å². The molecule has 2 aliphatic carbocycles. The first-order valence-electron chi connectivity index (χ1n) is 29.8. The summed E-state index contributed by atoms with van der Waals surface area (Å²) in [7, 11) is 18.2. The van der Waals surface area contributed by atoms with Gasteiger partial charge in [-0.3, -0.25) is 19.4 Å². The minimum atomic E-state index is -0.670. The molecule has 2 saturated carbocycles. The normalized spacial score (nSPS) is 25.8. The Kier molecular flexibility index (Phi) is 19.7. The number of fused-ring (bicyclic) bond motifs is 12. The second-order valence-electron chi connectivity index (χ2n) is 23.4. The topological polar surface area (TPSA) is 236 Å². The van der Waals surface area contributed by atoms with Gasteiger partial charge in [0.1, 0.15) is 35.9 Å². The van der Waals surface area contributed by atoms with Crippen LogP contribution in [0.15, 0.2) is 60.7 Å². The van der Waals surface area contributed by atoms with Crippen molar-refractivity contribution in [2.45, 2.75) is 75.0 Å². The summed E-state index contributed by atoms with van der Waals surface area (Å²) in [6.45, 7) is 3.37. The smallest absolute Gasteiger partial charge is 0.338 e. The molecule has 6 aromatic rings. The molecular formula is C66H82N4O18S. The molecule has 23 heteroatoms. The third kappa shape index (κ3) is 11.8. The predicted octanol–water partition coefficient (Wildman–Crippen LogP) is 8.46. The van der Waals surface area contributed by atoms with Gasteiger partial charge in [0.05, 0.1) is 106 Å². The molecule has 89 heavy (non-hydrogen) atoms. The molecule has 480 valence electrons. The highest BCUT2D eigenvalue weighted by Crippen LogP contribution is 2.53. The monoisotopic (exact) mass is 1250 g/mol. The van der Waals surface area contributed by atoms with E-state index in [1.165, 1.54) is 90.2 Å². The third-order valence-corrected chi connectivity index (χ3v) is 19.5. The lowest BCUT2D eigenvalue weighted by molar-refractivity contribution is -0.176. The number of carbonyl (C=O) groups is 4. The van der Waals surface area contributed by atoms with E-state index in [0.29, 0.717) is 47.3 Å². The van der Waals surface area contributed by atoms with Crippen LogP contribution in [0, 0.1) is 35.5 Å². The lowest BCUT2D eigenvalue weighted by Crippen LogP contribution is -2.58. The van der Waals surface area contributed by atoms with Gasteiger partial charge in [-0.05, 0) is 122 Å². The molecule has 2 saturated heterocycles. The molecule has 2 aromatic heterocycles. The molecule has 12 atom stereocenters. The maximum atomic E-state index is 13.5. The van der Waals surface area contributed by atoms with Crippen molar-refractivity contribution in [2.75, 3.05) is 111 Å². The predicted molar refractivity (Wildman–Crippen MR) is 332 cm³/mol. The summed E-state index contributed by atoms with van der Waals surface area (Å²) in [6.07, 6.45) is 1.84. The molecule has 0 bridgehead atoms. The molecule has 6 aliphatic rings. The van der Waals surface area contributed by atoms with E-state index >= 15 is 0 Å². The average molecular weight is 1250 g/mol. The van der Waals surface area contributed by atoms with Crippen LogP contribution in [0.4, 0.5) is 0 Å². The number of hydrogen-bond acceptors (Lipinski definition) is 20. The van der Waals surface area contributed by atoms with Gasteiger partial charge in [-0.1, -0.05) is 0 Å². The minimum Gasteiger partial charge on any atom is -0.497 e. The quantitative estimate of drug-likeness (QED) is 0.0683. The summed E-state index contributed by atoms with van der Waals surface area (Å²) >= 11 is 0. The maximum Gasteiger partial charge on any atom is 0.338 e. The van der Waals surface area contributed by atoms with Crippen LogP contribution >= 0.6 is 13.5 Å². The first-order chi connectivity index (χ1) is 42.7. The molecule has 0 spiro atoms. The number of hydrogen-bond donors (Lipinski definition) is 2. The van der Waals surface area contributed by atoms with E-state index in [-0.39, 0.29) is 72.3 Å². The Balaban J connectivity index is 0.000000194. The average Bonchev–Trinajstić information content (AvgIpc) is 1.82. The van der Waals surface area contributed by atoms with Gasteiger partial charge in [-0.2, -0.15) is 13.5 Å². The van der Waals surface area contributed by atoms with Gasteiger partial charge in [-0.25, -0.2) is 9.59 Å². The zero-order valence-electron chi connectivity index (χ0n) is 52.5. The number of methoxy groups -OCH3 is 12. The van der Waals surface area contributed by atoms with Gasteiger partial charge in [0, 0.05) is 85.7 Å². The van der Waals surface area contributed by atoms with E-state index < -0.39 is 48.2 Å². The van der Waals surface area contributed by atoms with Crippen molar-refractivity contribution in [3.63, 3.8) is 0 Å². The zero-order valence-corrected chi connectivity index (χ0v) is 53.5. The van der Waals surface area contributed by atoms with Crippen LogP contribution in [0.3, 0.4) is 0 Å². The first kappa shape index (κ1) is 64.4. The molecule has 2 N–H and O–H groups in total. The van der Waals surface area contributed by atoms with Crippen molar-refractivity contribution < 1.29 is 85.5 Å². The molecule has 0 unspecified atom stereocenters. The molecule has 0 amide bonds. The molecule has 6 heterocycles. The van der Waals surface area contributed by atoms with E-state index in [0.717, 1.165) is 74.4 Å². The maximum absolute atomic E-state index is 13.5. The Hall–Kier alpha value is -7.57. The largest absolute Gasteiger partial charge is 0.497 e. The van der Waals surface area contributed by atoms with Gasteiger partial charge < -0.3 is 76.3 Å². The number of aromatic amines is 2. The Bertz CT molecular complexity index is 3290. The number of aromatic nitrogens is 2. The highest BCUT2D eigenvalue weighted by molar-refractivity contribution is 7.59. The van der Waals surface area contributed by atoms with E-state index in [4.69, 9.17) is 66.3 Å². The lowest BCUT2D eigenvalue weighted by atomic mass is 9.63. The van der Waals surface area contributed by atoms with E-state index in [2.05, 4.69) is 31.9 Å². The summed E-state index contributed by atoms with van der Waals surface area (Å²) in [6, 6.07) is 18.8. The Morgan fingerprint density at radius 1 is 0.461 bits per heavy atom. The number of nitrogens with one attached hydrogen (secondary N) is 2. The fourth-order valence-corrected chi connectivity index (χ4v) is 15.5.